The van der Waals surface area contributed by atoms with E-state index in [1.807, 2.05) is 34.6 Å². The van der Waals surface area contributed by atoms with Crippen molar-refractivity contribution in [1.29, 1.82) is 0 Å². The molecule has 6 nitrogen and oxygen atoms in total. The molecule has 2 amide bonds. The summed E-state index contributed by atoms with van der Waals surface area (Å²) in [5.41, 5.74) is 0.939. The van der Waals surface area contributed by atoms with Crippen LogP contribution in [0, 0.1) is 12.3 Å². The summed E-state index contributed by atoms with van der Waals surface area (Å²) in [7, 11) is 0. The minimum atomic E-state index is -0.443. The van der Waals surface area contributed by atoms with Gasteiger partial charge in [-0.1, -0.05) is 27.7 Å². The fraction of sp³-hybridized carbons (Fsp3) is 0.632. The van der Waals surface area contributed by atoms with Crippen LogP contribution in [-0.2, 0) is 20.7 Å². The van der Waals surface area contributed by atoms with Crippen LogP contribution >= 0.6 is 11.3 Å². The minimum Gasteiger partial charge on any atom is -0.462 e. The van der Waals surface area contributed by atoms with E-state index in [4.69, 9.17) is 4.74 Å². The monoisotopic (exact) mass is 382 g/mol. The maximum absolute atomic E-state index is 12.3. The maximum atomic E-state index is 12.3. The summed E-state index contributed by atoms with van der Waals surface area (Å²) in [4.78, 5) is 37.3. The number of rotatable bonds is 8. The lowest BCUT2D eigenvalue weighted by atomic mass is 9.96. The lowest BCUT2D eigenvalue weighted by Gasteiger charge is -2.17. The van der Waals surface area contributed by atoms with Crippen molar-refractivity contribution in [2.75, 3.05) is 18.5 Å². The number of nitrogens with one attached hydrogen (secondary N) is 2. The van der Waals surface area contributed by atoms with Gasteiger partial charge in [-0.15, -0.1) is 11.3 Å². The molecule has 2 N–H and O–H groups in total. The van der Waals surface area contributed by atoms with E-state index in [2.05, 4.69) is 10.6 Å². The van der Waals surface area contributed by atoms with Gasteiger partial charge in [0.15, 0.2) is 0 Å². The van der Waals surface area contributed by atoms with Crippen LogP contribution in [0.2, 0.25) is 0 Å². The molecule has 0 saturated heterocycles. The molecule has 26 heavy (non-hydrogen) atoms. The van der Waals surface area contributed by atoms with E-state index in [0.29, 0.717) is 30.0 Å². The van der Waals surface area contributed by atoms with Crippen LogP contribution in [0.3, 0.4) is 0 Å². The number of thiophene rings is 1. The second-order valence-electron chi connectivity index (χ2n) is 7.07. The average molecular weight is 383 g/mol. The highest BCUT2D eigenvalue weighted by Gasteiger charge is 2.23. The molecule has 0 spiro atoms. The summed E-state index contributed by atoms with van der Waals surface area (Å²) in [6.07, 6.45) is 1.50. The molecule has 146 valence electrons. The Morgan fingerprint density at radius 3 is 2.35 bits per heavy atom. The third kappa shape index (κ3) is 6.12. The molecule has 0 aliphatic carbocycles. The van der Waals surface area contributed by atoms with E-state index in [1.165, 1.54) is 11.3 Å². The number of ether oxygens (including phenoxy) is 1. The van der Waals surface area contributed by atoms with Gasteiger partial charge in [-0.05, 0) is 32.3 Å². The van der Waals surface area contributed by atoms with Crippen molar-refractivity contribution in [1.82, 2.24) is 5.32 Å². The maximum Gasteiger partial charge on any atom is 0.341 e. The average Bonchev–Trinajstić information content (AvgIpc) is 2.85. The third-order valence-corrected chi connectivity index (χ3v) is 4.91. The summed E-state index contributed by atoms with van der Waals surface area (Å²) in [6.45, 7) is 11.9. The van der Waals surface area contributed by atoms with Gasteiger partial charge in [0, 0.05) is 23.3 Å². The first-order valence-corrected chi connectivity index (χ1v) is 9.80. The number of aryl methyl sites for hydroxylation is 1. The number of hydrogen-bond donors (Lipinski definition) is 2. The quantitative estimate of drug-likeness (QED) is 0.531. The van der Waals surface area contributed by atoms with Crippen LogP contribution in [0.1, 0.15) is 68.3 Å². The molecule has 1 aromatic heterocycles. The smallest absolute Gasteiger partial charge is 0.341 e. The second-order valence-corrected chi connectivity index (χ2v) is 8.30. The molecule has 0 atom stereocenters. The molecule has 0 aliphatic heterocycles. The number of carbonyl (C=O) groups excluding carboxylic acids is 3. The summed E-state index contributed by atoms with van der Waals surface area (Å²) in [5.74, 6) is -0.616. The Kier molecular flexibility index (Phi) is 8.27. The Bertz CT molecular complexity index is 659. The lowest BCUT2D eigenvalue weighted by molar-refractivity contribution is -0.128. The van der Waals surface area contributed by atoms with Gasteiger partial charge in [-0.25, -0.2) is 4.79 Å². The Morgan fingerprint density at radius 2 is 1.81 bits per heavy atom. The molecule has 1 heterocycles. The zero-order valence-corrected chi connectivity index (χ0v) is 17.4. The molecule has 1 aromatic rings. The first-order valence-electron chi connectivity index (χ1n) is 8.99. The van der Waals surface area contributed by atoms with Crippen molar-refractivity contribution in [3.05, 3.63) is 16.0 Å². The molecular formula is C19H30N2O4S. The van der Waals surface area contributed by atoms with Gasteiger partial charge in [0.2, 0.25) is 11.8 Å². The SMILES string of the molecule is CCOC(=O)c1c(NC(=O)CCCNC(=O)C(C)(C)C)sc(C)c1CC. The number of esters is 1. The molecule has 0 unspecified atom stereocenters. The highest BCUT2D eigenvalue weighted by Crippen LogP contribution is 2.34. The normalized spacial score (nSPS) is 11.2. The lowest BCUT2D eigenvalue weighted by Crippen LogP contribution is -2.35. The van der Waals surface area contributed by atoms with Crippen LogP contribution in [-0.4, -0.2) is 30.9 Å². The predicted octanol–water partition coefficient (Wildman–Crippen LogP) is 3.68. The topological polar surface area (TPSA) is 84.5 Å². The molecule has 7 heteroatoms. The Hall–Kier alpha value is -1.89. The fourth-order valence-electron chi connectivity index (χ4n) is 2.42. The van der Waals surface area contributed by atoms with E-state index in [-0.39, 0.29) is 24.8 Å². The first-order chi connectivity index (χ1) is 12.1. The van der Waals surface area contributed by atoms with Crippen molar-refractivity contribution in [2.45, 2.75) is 60.8 Å². The van der Waals surface area contributed by atoms with Crippen LogP contribution in [0.5, 0.6) is 0 Å². The Labute approximate surface area is 159 Å². The number of carbonyl (C=O) groups is 3. The Morgan fingerprint density at radius 1 is 1.15 bits per heavy atom. The molecule has 0 aromatic carbocycles. The van der Waals surface area contributed by atoms with Gasteiger partial charge in [-0.2, -0.15) is 0 Å². The van der Waals surface area contributed by atoms with Gasteiger partial charge in [0.1, 0.15) is 5.00 Å². The number of anilines is 1. The number of hydrogen-bond acceptors (Lipinski definition) is 5. The fourth-order valence-corrected chi connectivity index (χ4v) is 3.57. The zero-order chi connectivity index (χ0) is 19.9. The van der Waals surface area contributed by atoms with Crippen LogP contribution < -0.4 is 10.6 Å². The standard InChI is InChI=1S/C19H30N2O4S/c1-7-13-12(3)26-16(15(13)17(23)25-8-2)21-14(22)10-9-11-20-18(24)19(4,5)6/h7-11H2,1-6H3,(H,20,24)(H,21,22). The molecular weight excluding hydrogens is 352 g/mol. The molecule has 1 rings (SSSR count). The van der Waals surface area contributed by atoms with Gasteiger partial charge in [0.25, 0.3) is 0 Å². The highest BCUT2D eigenvalue weighted by molar-refractivity contribution is 7.16. The number of amides is 2. The van der Waals surface area contributed by atoms with Crippen LogP contribution in [0.15, 0.2) is 0 Å². The van der Waals surface area contributed by atoms with E-state index in [0.717, 1.165) is 10.4 Å². The van der Waals surface area contributed by atoms with Crippen LogP contribution in [0.4, 0.5) is 5.00 Å². The summed E-state index contributed by atoms with van der Waals surface area (Å²) >= 11 is 1.39. The largest absolute Gasteiger partial charge is 0.462 e. The minimum absolute atomic E-state index is 0.0380. The third-order valence-electron chi connectivity index (χ3n) is 3.84. The van der Waals surface area contributed by atoms with E-state index in [1.54, 1.807) is 6.92 Å². The van der Waals surface area contributed by atoms with Gasteiger partial charge in [0.05, 0.1) is 12.2 Å². The second kappa shape index (κ2) is 9.71. The molecule has 0 saturated carbocycles. The van der Waals surface area contributed by atoms with Crippen molar-refractivity contribution >= 4 is 34.1 Å². The van der Waals surface area contributed by atoms with Crippen molar-refractivity contribution < 1.29 is 19.1 Å². The van der Waals surface area contributed by atoms with E-state index < -0.39 is 11.4 Å². The molecule has 0 fully saturated rings. The van der Waals surface area contributed by atoms with Crippen molar-refractivity contribution in [2.24, 2.45) is 5.41 Å². The van der Waals surface area contributed by atoms with Crippen molar-refractivity contribution in [3.8, 4) is 0 Å². The van der Waals surface area contributed by atoms with E-state index in [9.17, 15) is 14.4 Å². The van der Waals surface area contributed by atoms with Gasteiger partial charge < -0.3 is 15.4 Å². The zero-order valence-electron chi connectivity index (χ0n) is 16.6. The summed E-state index contributed by atoms with van der Waals surface area (Å²) in [6, 6.07) is 0. The molecule has 0 bridgehead atoms. The van der Waals surface area contributed by atoms with Crippen molar-refractivity contribution in [3.63, 3.8) is 0 Å². The van der Waals surface area contributed by atoms with Gasteiger partial charge >= 0.3 is 5.97 Å². The summed E-state index contributed by atoms with van der Waals surface area (Å²) < 4.78 is 5.13. The first kappa shape index (κ1) is 22.2. The predicted molar refractivity (Wildman–Crippen MR) is 105 cm³/mol. The highest BCUT2D eigenvalue weighted by atomic mass is 32.1. The molecule has 0 radical (unpaired) electrons. The Balaban J connectivity index is 2.67. The molecule has 0 aliphatic rings. The van der Waals surface area contributed by atoms with E-state index >= 15 is 0 Å². The summed E-state index contributed by atoms with van der Waals surface area (Å²) in [5, 5.41) is 6.19. The van der Waals surface area contributed by atoms with Crippen LogP contribution in [0.25, 0.3) is 0 Å². The van der Waals surface area contributed by atoms with Gasteiger partial charge in [-0.3, -0.25) is 9.59 Å².